The van der Waals surface area contributed by atoms with E-state index in [1.807, 2.05) is 0 Å². The molecule has 0 fully saturated rings. The molecule has 0 saturated heterocycles. The van der Waals surface area contributed by atoms with Gasteiger partial charge in [-0.1, -0.05) is 0 Å². The van der Waals surface area contributed by atoms with E-state index in [4.69, 9.17) is 0 Å². The SMILES string of the molecule is C[C@@H](c1cn(C)c(=O)c2cc(F)c(F)cc12)N(C)C(=O)c1ccc(C(F)(F)F)c(F)c1. The van der Waals surface area contributed by atoms with E-state index in [9.17, 15) is 35.9 Å². The summed E-state index contributed by atoms with van der Waals surface area (Å²) in [7, 11) is 2.71. The molecule has 10 heteroatoms. The van der Waals surface area contributed by atoms with Crippen molar-refractivity contribution in [1.82, 2.24) is 9.47 Å². The van der Waals surface area contributed by atoms with Crippen LogP contribution in [-0.2, 0) is 13.2 Å². The third-order valence-electron chi connectivity index (χ3n) is 5.13. The Morgan fingerprint density at radius 1 is 1.00 bits per heavy atom. The van der Waals surface area contributed by atoms with Gasteiger partial charge in [-0.3, -0.25) is 9.59 Å². The predicted octanol–water partition coefficient (Wildman–Crippen LogP) is 4.81. The second-order valence-corrected chi connectivity index (χ2v) is 7.10. The van der Waals surface area contributed by atoms with Crippen LogP contribution in [0.15, 0.2) is 41.3 Å². The van der Waals surface area contributed by atoms with Gasteiger partial charge in [-0.25, -0.2) is 13.2 Å². The summed E-state index contributed by atoms with van der Waals surface area (Å²) in [4.78, 5) is 26.2. The lowest BCUT2D eigenvalue weighted by atomic mass is 10.00. The number of aromatic nitrogens is 1. The van der Waals surface area contributed by atoms with E-state index in [2.05, 4.69) is 0 Å². The number of pyridine rings is 1. The Bertz CT molecular complexity index is 1250. The zero-order chi connectivity index (χ0) is 23.2. The minimum Gasteiger partial charge on any atom is -0.335 e. The largest absolute Gasteiger partial charge is 0.419 e. The van der Waals surface area contributed by atoms with Crippen molar-refractivity contribution in [3.05, 3.63) is 81.0 Å². The highest BCUT2D eigenvalue weighted by Crippen LogP contribution is 2.32. The highest BCUT2D eigenvalue weighted by Gasteiger charge is 2.34. The minimum absolute atomic E-state index is 0.0766. The molecule has 1 amide bonds. The number of hydrogen-bond donors (Lipinski definition) is 0. The van der Waals surface area contributed by atoms with Crippen LogP contribution in [0.3, 0.4) is 0 Å². The minimum atomic E-state index is -4.90. The van der Waals surface area contributed by atoms with Crippen LogP contribution >= 0.6 is 0 Å². The molecule has 0 unspecified atom stereocenters. The number of halogens is 6. The monoisotopic (exact) mass is 442 g/mol. The van der Waals surface area contributed by atoms with Crippen LogP contribution in [-0.4, -0.2) is 22.4 Å². The van der Waals surface area contributed by atoms with Crippen LogP contribution in [0.4, 0.5) is 26.3 Å². The van der Waals surface area contributed by atoms with E-state index < -0.39 is 46.7 Å². The number of aryl methyl sites for hydroxylation is 1. The van der Waals surface area contributed by atoms with Gasteiger partial charge in [0.15, 0.2) is 11.6 Å². The van der Waals surface area contributed by atoms with Crippen molar-refractivity contribution in [3.63, 3.8) is 0 Å². The van der Waals surface area contributed by atoms with Crippen LogP contribution in [0.1, 0.15) is 34.5 Å². The zero-order valence-corrected chi connectivity index (χ0v) is 16.5. The summed E-state index contributed by atoms with van der Waals surface area (Å²) in [6.07, 6.45) is -3.55. The predicted molar refractivity (Wildman–Crippen MR) is 101 cm³/mol. The van der Waals surface area contributed by atoms with E-state index in [-0.39, 0.29) is 16.3 Å². The second-order valence-electron chi connectivity index (χ2n) is 7.10. The van der Waals surface area contributed by atoms with E-state index in [0.717, 1.165) is 27.7 Å². The molecular formula is C21H16F6N2O2. The molecule has 0 spiro atoms. The highest BCUT2D eigenvalue weighted by molar-refractivity contribution is 5.95. The summed E-state index contributed by atoms with van der Waals surface area (Å²) in [5, 5.41) is -0.0278. The third kappa shape index (κ3) is 4.01. The first-order chi connectivity index (χ1) is 14.3. The first-order valence-corrected chi connectivity index (χ1v) is 8.95. The average Bonchev–Trinajstić information content (AvgIpc) is 2.69. The molecule has 0 aliphatic heterocycles. The standard InChI is InChI=1S/C21H16F6N2O2/c1-10(14-9-28(2)20(31)13-8-18(24)17(23)7-12(13)14)29(3)19(30)11-4-5-15(16(22)6-11)21(25,26)27/h4-10H,1-3H3/t10-/m0/s1. The van der Waals surface area contributed by atoms with Crippen LogP contribution in [0.25, 0.3) is 10.8 Å². The number of rotatable bonds is 3. The summed E-state index contributed by atoms with van der Waals surface area (Å²) in [5.74, 6) is -4.79. The summed E-state index contributed by atoms with van der Waals surface area (Å²) in [6.45, 7) is 1.53. The Hall–Kier alpha value is -3.30. The molecule has 0 aliphatic carbocycles. The molecule has 1 heterocycles. The van der Waals surface area contributed by atoms with Crippen molar-refractivity contribution in [2.45, 2.75) is 19.1 Å². The van der Waals surface area contributed by atoms with Gasteiger partial charge in [-0.05, 0) is 48.2 Å². The van der Waals surface area contributed by atoms with Crippen molar-refractivity contribution < 1.29 is 31.1 Å². The first kappa shape index (κ1) is 22.4. The van der Waals surface area contributed by atoms with Gasteiger partial charge in [0, 0.05) is 25.9 Å². The summed E-state index contributed by atoms with van der Waals surface area (Å²) < 4.78 is 80.7. The number of amides is 1. The Labute approximate surface area is 172 Å². The van der Waals surface area contributed by atoms with Gasteiger partial charge in [0.25, 0.3) is 11.5 Å². The molecule has 0 saturated carbocycles. The fourth-order valence-corrected chi connectivity index (χ4v) is 3.29. The van der Waals surface area contributed by atoms with Crippen LogP contribution in [0, 0.1) is 17.5 Å². The Kier molecular flexibility index (Phi) is 5.60. The Morgan fingerprint density at radius 2 is 1.58 bits per heavy atom. The van der Waals surface area contributed by atoms with Crippen LogP contribution in [0.2, 0.25) is 0 Å². The molecule has 2 aromatic carbocycles. The third-order valence-corrected chi connectivity index (χ3v) is 5.13. The van der Waals surface area contributed by atoms with Crippen LogP contribution < -0.4 is 5.56 Å². The second kappa shape index (κ2) is 7.75. The fourth-order valence-electron chi connectivity index (χ4n) is 3.29. The topological polar surface area (TPSA) is 42.3 Å². The van der Waals surface area contributed by atoms with Crippen molar-refractivity contribution in [2.24, 2.45) is 7.05 Å². The Morgan fingerprint density at radius 3 is 2.13 bits per heavy atom. The smallest absolute Gasteiger partial charge is 0.335 e. The molecule has 4 nitrogen and oxygen atoms in total. The summed E-state index contributed by atoms with van der Waals surface area (Å²) in [5.41, 5.74) is -2.12. The van der Waals surface area contributed by atoms with E-state index in [1.165, 1.54) is 27.2 Å². The Balaban J connectivity index is 2.04. The number of carbonyl (C=O) groups is 1. The molecule has 1 atom stereocenters. The van der Waals surface area contributed by atoms with Gasteiger partial charge in [0.2, 0.25) is 0 Å². The number of hydrogen-bond acceptors (Lipinski definition) is 2. The van der Waals surface area contributed by atoms with Gasteiger partial charge in [0.1, 0.15) is 5.82 Å². The molecule has 3 rings (SSSR count). The van der Waals surface area contributed by atoms with Crippen molar-refractivity contribution in [2.75, 3.05) is 7.05 Å². The molecule has 164 valence electrons. The van der Waals surface area contributed by atoms with E-state index in [0.29, 0.717) is 17.7 Å². The lowest BCUT2D eigenvalue weighted by molar-refractivity contribution is -0.140. The molecule has 31 heavy (non-hydrogen) atoms. The summed E-state index contributed by atoms with van der Waals surface area (Å²) >= 11 is 0. The molecule has 3 aromatic rings. The van der Waals surface area contributed by atoms with Gasteiger partial charge >= 0.3 is 6.18 Å². The maximum atomic E-state index is 13.9. The molecule has 0 N–H and O–H groups in total. The number of alkyl halides is 3. The van der Waals surface area contributed by atoms with Crippen molar-refractivity contribution >= 4 is 16.7 Å². The maximum absolute atomic E-state index is 13.9. The van der Waals surface area contributed by atoms with Gasteiger partial charge in [-0.2, -0.15) is 13.2 Å². The highest BCUT2D eigenvalue weighted by atomic mass is 19.4. The lowest BCUT2D eigenvalue weighted by Gasteiger charge is -2.27. The fraction of sp³-hybridized carbons (Fsp3) is 0.238. The average molecular weight is 442 g/mol. The van der Waals surface area contributed by atoms with Gasteiger partial charge < -0.3 is 9.47 Å². The molecular weight excluding hydrogens is 426 g/mol. The molecule has 0 radical (unpaired) electrons. The number of fused-ring (bicyclic) bond motifs is 1. The van der Waals surface area contributed by atoms with Gasteiger partial charge in [0.05, 0.1) is 17.0 Å². The van der Waals surface area contributed by atoms with Crippen molar-refractivity contribution in [1.29, 1.82) is 0 Å². The molecule has 0 aliphatic rings. The number of benzene rings is 2. The number of nitrogens with zero attached hydrogens (tertiary/aromatic N) is 2. The molecule has 1 aromatic heterocycles. The van der Waals surface area contributed by atoms with Gasteiger partial charge in [-0.15, -0.1) is 0 Å². The first-order valence-electron chi connectivity index (χ1n) is 8.95. The quantitative estimate of drug-likeness (QED) is 0.547. The van der Waals surface area contributed by atoms with Crippen molar-refractivity contribution in [3.8, 4) is 0 Å². The summed E-state index contributed by atoms with van der Waals surface area (Å²) in [6, 6.07) is 2.59. The normalized spacial score (nSPS) is 12.8. The van der Waals surface area contributed by atoms with Crippen LogP contribution in [0.5, 0.6) is 0 Å². The van der Waals surface area contributed by atoms with E-state index in [1.54, 1.807) is 0 Å². The number of carbonyl (C=O) groups excluding carboxylic acids is 1. The zero-order valence-electron chi connectivity index (χ0n) is 16.5. The van der Waals surface area contributed by atoms with E-state index >= 15 is 0 Å². The maximum Gasteiger partial charge on any atom is 0.419 e. The lowest BCUT2D eigenvalue weighted by Crippen LogP contribution is -2.31. The molecule has 0 bridgehead atoms.